The highest BCUT2D eigenvalue weighted by atomic mass is 32.2. The van der Waals surface area contributed by atoms with Crippen LogP contribution in [-0.4, -0.2) is 53.7 Å². The maximum Gasteiger partial charge on any atom is 0.244 e. The topological polar surface area (TPSA) is 115 Å². The maximum absolute atomic E-state index is 12.6. The first-order chi connectivity index (χ1) is 16.4. The summed E-state index contributed by atoms with van der Waals surface area (Å²) in [6.07, 6.45) is 6.48. The van der Waals surface area contributed by atoms with Crippen LogP contribution < -0.4 is 14.8 Å². The number of amides is 1. The molecule has 1 N–H and O–H groups in total. The lowest BCUT2D eigenvalue weighted by molar-refractivity contribution is -0.116. The van der Waals surface area contributed by atoms with Crippen LogP contribution in [0.4, 0.5) is 5.69 Å². The Hall–Kier alpha value is -3.96. The van der Waals surface area contributed by atoms with Crippen LogP contribution in [0.25, 0.3) is 5.65 Å². The number of hydrogen-bond donors (Lipinski definition) is 1. The Balaban J connectivity index is 1.43. The fourth-order valence-electron chi connectivity index (χ4n) is 3.24. The molecule has 176 valence electrons. The van der Waals surface area contributed by atoms with Crippen molar-refractivity contribution < 1.29 is 22.7 Å². The van der Waals surface area contributed by atoms with Gasteiger partial charge in [0.2, 0.25) is 15.9 Å². The number of ether oxygens (including phenoxy) is 2. The molecule has 0 aliphatic carbocycles. The van der Waals surface area contributed by atoms with Gasteiger partial charge in [0.15, 0.2) is 11.5 Å². The van der Waals surface area contributed by atoms with Crippen LogP contribution in [0.15, 0.2) is 78.2 Å². The SMILES string of the molecule is COc1ccc(NC(=O)CN(C)S(=O)(=O)c2cccnc2)cc1OCc1cn2ccccc2n1. The highest BCUT2D eigenvalue weighted by molar-refractivity contribution is 7.89. The highest BCUT2D eigenvalue weighted by Gasteiger charge is 2.23. The van der Waals surface area contributed by atoms with Crippen LogP contribution in [0.2, 0.25) is 0 Å². The summed E-state index contributed by atoms with van der Waals surface area (Å²) in [5.41, 5.74) is 1.97. The van der Waals surface area contributed by atoms with E-state index in [1.54, 1.807) is 18.2 Å². The Morgan fingerprint density at radius 3 is 2.74 bits per heavy atom. The van der Waals surface area contributed by atoms with E-state index >= 15 is 0 Å². The molecule has 4 aromatic rings. The molecule has 0 radical (unpaired) electrons. The molecule has 3 aromatic heterocycles. The third kappa shape index (κ3) is 5.16. The van der Waals surface area contributed by atoms with Crippen LogP contribution in [0, 0.1) is 0 Å². The first-order valence-electron chi connectivity index (χ1n) is 10.3. The fraction of sp³-hybridized carbons (Fsp3) is 0.174. The third-order valence-electron chi connectivity index (χ3n) is 4.95. The summed E-state index contributed by atoms with van der Waals surface area (Å²) in [5.74, 6) is 0.387. The van der Waals surface area contributed by atoms with Crippen molar-refractivity contribution >= 4 is 27.3 Å². The van der Waals surface area contributed by atoms with Gasteiger partial charge in [0.05, 0.1) is 19.3 Å². The molecule has 0 spiro atoms. The number of imidazole rings is 1. The molecule has 0 fully saturated rings. The number of likely N-dealkylation sites (N-methyl/N-ethyl adjacent to an activating group) is 1. The predicted molar refractivity (Wildman–Crippen MR) is 125 cm³/mol. The largest absolute Gasteiger partial charge is 0.493 e. The van der Waals surface area contributed by atoms with Crippen molar-refractivity contribution in [3.63, 3.8) is 0 Å². The van der Waals surface area contributed by atoms with Gasteiger partial charge in [-0.3, -0.25) is 9.78 Å². The molecule has 3 heterocycles. The summed E-state index contributed by atoms with van der Waals surface area (Å²) in [6.45, 7) is -0.178. The van der Waals surface area contributed by atoms with Crippen molar-refractivity contribution in [3.8, 4) is 11.5 Å². The highest BCUT2D eigenvalue weighted by Crippen LogP contribution is 2.31. The summed E-state index contributed by atoms with van der Waals surface area (Å²) in [4.78, 5) is 20.9. The summed E-state index contributed by atoms with van der Waals surface area (Å²) >= 11 is 0. The Morgan fingerprint density at radius 1 is 1.15 bits per heavy atom. The molecule has 11 heteroatoms. The van der Waals surface area contributed by atoms with Crippen molar-refractivity contribution in [2.24, 2.45) is 0 Å². The zero-order valence-corrected chi connectivity index (χ0v) is 19.4. The Labute approximate surface area is 196 Å². The van der Waals surface area contributed by atoms with Gasteiger partial charge in [-0.1, -0.05) is 6.07 Å². The monoisotopic (exact) mass is 481 g/mol. The van der Waals surface area contributed by atoms with Crippen LogP contribution in [-0.2, 0) is 21.4 Å². The second-order valence-corrected chi connectivity index (χ2v) is 9.40. The number of benzene rings is 1. The number of methoxy groups -OCH3 is 1. The van der Waals surface area contributed by atoms with Gasteiger partial charge >= 0.3 is 0 Å². The van der Waals surface area contributed by atoms with Crippen molar-refractivity contribution in [2.75, 3.05) is 26.0 Å². The summed E-state index contributed by atoms with van der Waals surface area (Å²) in [5, 5.41) is 2.69. The van der Waals surface area contributed by atoms with E-state index in [0.29, 0.717) is 17.2 Å². The van der Waals surface area contributed by atoms with E-state index < -0.39 is 15.9 Å². The first-order valence-corrected chi connectivity index (χ1v) is 11.7. The number of nitrogens with zero attached hydrogens (tertiary/aromatic N) is 4. The Bertz CT molecular complexity index is 1370. The molecule has 0 unspecified atom stereocenters. The normalized spacial score (nSPS) is 11.5. The summed E-state index contributed by atoms with van der Waals surface area (Å²) in [7, 11) is -0.989. The second-order valence-electron chi connectivity index (χ2n) is 7.35. The number of pyridine rings is 2. The van der Waals surface area contributed by atoms with E-state index in [1.165, 1.54) is 38.7 Å². The second kappa shape index (κ2) is 9.89. The fourth-order valence-corrected chi connectivity index (χ4v) is 4.33. The molecular formula is C23H23N5O5S. The van der Waals surface area contributed by atoms with E-state index in [-0.39, 0.29) is 18.0 Å². The number of fused-ring (bicyclic) bond motifs is 1. The zero-order chi connectivity index (χ0) is 24.1. The number of sulfonamides is 1. The number of rotatable bonds is 9. The standard InChI is InChI=1S/C23H23N5O5S/c1-27(34(30,31)19-6-5-10-24-13-19)15-23(29)26-17-8-9-20(32-2)21(12-17)33-16-18-14-28-11-4-3-7-22(28)25-18/h3-14H,15-16H2,1-2H3,(H,26,29). The lowest BCUT2D eigenvalue weighted by Gasteiger charge is -2.17. The van der Waals surface area contributed by atoms with Gasteiger partial charge < -0.3 is 19.2 Å². The molecule has 0 aliphatic heterocycles. The van der Waals surface area contributed by atoms with Gasteiger partial charge in [0.1, 0.15) is 17.1 Å². The number of aromatic nitrogens is 3. The number of anilines is 1. The van der Waals surface area contributed by atoms with Gasteiger partial charge in [-0.05, 0) is 36.4 Å². The van der Waals surface area contributed by atoms with Crippen molar-refractivity contribution in [3.05, 3.63) is 79.0 Å². The number of carbonyl (C=O) groups is 1. The molecule has 4 rings (SSSR count). The maximum atomic E-state index is 12.6. The third-order valence-corrected chi connectivity index (χ3v) is 6.73. The molecule has 1 aromatic carbocycles. The van der Waals surface area contributed by atoms with Crippen LogP contribution in [0.5, 0.6) is 11.5 Å². The molecule has 0 saturated carbocycles. The molecule has 0 aliphatic rings. The van der Waals surface area contributed by atoms with E-state index in [4.69, 9.17) is 9.47 Å². The quantitative estimate of drug-likeness (QED) is 0.391. The zero-order valence-electron chi connectivity index (χ0n) is 18.6. The molecular weight excluding hydrogens is 458 g/mol. The Kier molecular flexibility index (Phi) is 6.75. The van der Waals surface area contributed by atoms with Crippen LogP contribution >= 0.6 is 0 Å². The lowest BCUT2D eigenvalue weighted by Crippen LogP contribution is -2.35. The van der Waals surface area contributed by atoms with E-state index in [1.807, 2.05) is 35.0 Å². The van der Waals surface area contributed by atoms with Gasteiger partial charge in [-0.25, -0.2) is 13.4 Å². The molecule has 0 atom stereocenters. The van der Waals surface area contributed by atoms with Crippen molar-refractivity contribution in [1.82, 2.24) is 18.7 Å². The summed E-state index contributed by atoms with van der Waals surface area (Å²) in [6, 6.07) is 13.6. The number of carbonyl (C=O) groups excluding carboxylic acids is 1. The first kappa shape index (κ1) is 23.2. The molecule has 34 heavy (non-hydrogen) atoms. The van der Waals surface area contributed by atoms with Crippen molar-refractivity contribution in [2.45, 2.75) is 11.5 Å². The molecule has 10 nitrogen and oxygen atoms in total. The number of hydrogen-bond acceptors (Lipinski definition) is 7. The lowest BCUT2D eigenvalue weighted by atomic mass is 10.2. The van der Waals surface area contributed by atoms with Gasteiger partial charge in [0, 0.05) is 43.6 Å². The predicted octanol–water partition coefficient (Wildman–Crippen LogP) is 2.58. The minimum absolute atomic E-state index is 0.0115. The van der Waals surface area contributed by atoms with Crippen molar-refractivity contribution in [1.29, 1.82) is 0 Å². The minimum atomic E-state index is -3.84. The number of nitrogens with one attached hydrogen (secondary N) is 1. The molecule has 1 amide bonds. The average Bonchev–Trinajstić information content (AvgIpc) is 3.26. The summed E-state index contributed by atoms with van der Waals surface area (Å²) < 4.78 is 39.3. The van der Waals surface area contributed by atoms with Gasteiger partial charge in [-0.15, -0.1) is 0 Å². The molecule has 0 saturated heterocycles. The van der Waals surface area contributed by atoms with Crippen LogP contribution in [0.1, 0.15) is 5.69 Å². The van der Waals surface area contributed by atoms with E-state index in [0.717, 1.165) is 15.6 Å². The Morgan fingerprint density at radius 2 is 2.00 bits per heavy atom. The van der Waals surface area contributed by atoms with E-state index in [9.17, 15) is 13.2 Å². The van der Waals surface area contributed by atoms with Crippen LogP contribution in [0.3, 0.4) is 0 Å². The molecule has 0 bridgehead atoms. The smallest absolute Gasteiger partial charge is 0.244 e. The van der Waals surface area contributed by atoms with Gasteiger partial charge in [0.25, 0.3) is 0 Å². The van der Waals surface area contributed by atoms with E-state index in [2.05, 4.69) is 15.3 Å². The minimum Gasteiger partial charge on any atom is -0.493 e. The average molecular weight is 482 g/mol. The van der Waals surface area contributed by atoms with Gasteiger partial charge in [-0.2, -0.15) is 4.31 Å².